The number of aromatic amines is 2. The molecule has 0 spiro atoms. The number of hydrogen-bond acceptors (Lipinski definition) is 3. The van der Waals surface area contributed by atoms with Crippen molar-refractivity contribution in [1.29, 1.82) is 0 Å². The first-order valence-corrected chi connectivity index (χ1v) is 5.06. The molecule has 0 saturated carbocycles. The van der Waals surface area contributed by atoms with Gasteiger partial charge in [-0.2, -0.15) is 0 Å². The highest BCUT2D eigenvalue weighted by molar-refractivity contribution is 5.74. The molecule has 0 amide bonds. The second-order valence-electron chi connectivity index (χ2n) is 3.64. The standard InChI is InChI=1S/C11H12N2O3/c1-2-9(14)6-3-4-7-8(5-6)13-11(16)10(15)12-7/h3-5,9,14H,2H2,1H3,(H,12,15)(H,13,16). The van der Waals surface area contributed by atoms with E-state index in [9.17, 15) is 14.7 Å². The lowest BCUT2D eigenvalue weighted by Crippen LogP contribution is -2.28. The van der Waals surface area contributed by atoms with Crippen LogP contribution in [0.5, 0.6) is 0 Å². The van der Waals surface area contributed by atoms with Gasteiger partial charge in [0, 0.05) is 0 Å². The second kappa shape index (κ2) is 3.94. The third-order valence-electron chi connectivity index (χ3n) is 2.52. The molecule has 1 unspecified atom stereocenters. The van der Waals surface area contributed by atoms with Gasteiger partial charge in [-0.15, -0.1) is 0 Å². The second-order valence-corrected chi connectivity index (χ2v) is 3.64. The molecule has 16 heavy (non-hydrogen) atoms. The van der Waals surface area contributed by atoms with Gasteiger partial charge in [0.05, 0.1) is 17.1 Å². The summed E-state index contributed by atoms with van der Waals surface area (Å²) in [7, 11) is 0. The molecule has 0 fully saturated rings. The number of rotatable bonds is 2. The predicted octanol–water partition coefficient (Wildman–Crippen LogP) is 0.660. The van der Waals surface area contributed by atoms with Gasteiger partial charge < -0.3 is 15.1 Å². The fraction of sp³-hybridized carbons (Fsp3) is 0.273. The molecule has 1 aromatic heterocycles. The minimum absolute atomic E-state index is 0.523. The summed E-state index contributed by atoms with van der Waals surface area (Å²) < 4.78 is 0. The molecule has 0 aliphatic carbocycles. The van der Waals surface area contributed by atoms with Gasteiger partial charge in [-0.1, -0.05) is 13.0 Å². The summed E-state index contributed by atoms with van der Waals surface area (Å²) >= 11 is 0. The van der Waals surface area contributed by atoms with Crippen LogP contribution < -0.4 is 11.1 Å². The van der Waals surface area contributed by atoms with Gasteiger partial charge in [-0.3, -0.25) is 9.59 Å². The van der Waals surface area contributed by atoms with Crippen LogP contribution in [0.3, 0.4) is 0 Å². The van der Waals surface area contributed by atoms with E-state index in [1.165, 1.54) is 0 Å². The van der Waals surface area contributed by atoms with Gasteiger partial charge >= 0.3 is 11.1 Å². The van der Waals surface area contributed by atoms with Gasteiger partial charge in [-0.05, 0) is 24.1 Å². The van der Waals surface area contributed by atoms with Crippen LogP contribution in [-0.4, -0.2) is 15.1 Å². The summed E-state index contributed by atoms with van der Waals surface area (Å²) in [6.07, 6.45) is 0.0406. The Hall–Kier alpha value is -1.88. The van der Waals surface area contributed by atoms with Crippen molar-refractivity contribution >= 4 is 11.0 Å². The highest BCUT2D eigenvalue weighted by atomic mass is 16.3. The van der Waals surface area contributed by atoms with E-state index in [4.69, 9.17) is 0 Å². The molecule has 84 valence electrons. The van der Waals surface area contributed by atoms with E-state index < -0.39 is 17.2 Å². The first-order valence-electron chi connectivity index (χ1n) is 5.06. The number of H-pyrrole nitrogens is 2. The topological polar surface area (TPSA) is 85.9 Å². The number of aliphatic hydroxyl groups is 1. The van der Waals surface area contributed by atoms with Crippen molar-refractivity contribution in [2.45, 2.75) is 19.4 Å². The van der Waals surface area contributed by atoms with E-state index in [2.05, 4.69) is 9.97 Å². The number of aromatic nitrogens is 2. The van der Waals surface area contributed by atoms with Crippen molar-refractivity contribution < 1.29 is 5.11 Å². The first-order chi connectivity index (χ1) is 7.61. The van der Waals surface area contributed by atoms with Crippen LogP contribution in [0.4, 0.5) is 0 Å². The lowest BCUT2D eigenvalue weighted by Gasteiger charge is -2.08. The Morgan fingerprint density at radius 2 is 1.81 bits per heavy atom. The van der Waals surface area contributed by atoms with Crippen molar-refractivity contribution in [2.24, 2.45) is 0 Å². The Morgan fingerprint density at radius 3 is 2.44 bits per heavy atom. The van der Waals surface area contributed by atoms with Crippen LogP contribution in [0.1, 0.15) is 25.0 Å². The molecule has 5 nitrogen and oxygen atoms in total. The molecule has 0 bridgehead atoms. The highest BCUT2D eigenvalue weighted by Gasteiger charge is 2.06. The molecule has 0 aliphatic heterocycles. The summed E-state index contributed by atoms with van der Waals surface area (Å²) in [4.78, 5) is 27.1. The molecule has 0 radical (unpaired) electrons. The Balaban J connectivity index is 2.67. The molecule has 2 aromatic rings. The van der Waals surface area contributed by atoms with Gasteiger partial charge in [0.1, 0.15) is 0 Å². The molecule has 2 rings (SSSR count). The lowest BCUT2D eigenvalue weighted by molar-refractivity contribution is 0.174. The summed E-state index contributed by atoms with van der Waals surface area (Å²) in [5.74, 6) is 0. The summed E-state index contributed by atoms with van der Waals surface area (Å²) in [5, 5.41) is 9.65. The number of hydrogen-bond donors (Lipinski definition) is 3. The quantitative estimate of drug-likeness (QED) is 0.650. The van der Waals surface area contributed by atoms with Gasteiger partial charge in [-0.25, -0.2) is 0 Å². The van der Waals surface area contributed by atoms with E-state index in [0.29, 0.717) is 17.5 Å². The molecule has 5 heteroatoms. The first kappa shape index (κ1) is 10.6. The maximum absolute atomic E-state index is 11.1. The Morgan fingerprint density at radius 1 is 1.19 bits per heavy atom. The van der Waals surface area contributed by atoms with E-state index >= 15 is 0 Å². The lowest BCUT2D eigenvalue weighted by atomic mass is 10.1. The zero-order valence-electron chi connectivity index (χ0n) is 8.78. The Bertz CT molecular complexity index is 627. The number of fused-ring (bicyclic) bond motifs is 1. The zero-order chi connectivity index (χ0) is 11.7. The van der Waals surface area contributed by atoms with E-state index in [0.717, 1.165) is 5.56 Å². The van der Waals surface area contributed by atoms with Gasteiger partial charge in [0.2, 0.25) is 0 Å². The minimum atomic E-state index is -0.685. The molecule has 0 aliphatic rings. The Labute approximate surface area is 90.8 Å². The monoisotopic (exact) mass is 220 g/mol. The molecular weight excluding hydrogens is 208 g/mol. The minimum Gasteiger partial charge on any atom is -0.388 e. The van der Waals surface area contributed by atoms with Gasteiger partial charge in [0.15, 0.2) is 0 Å². The molecule has 1 heterocycles. The fourth-order valence-corrected chi connectivity index (χ4v) is 1.58. The maximum atomic E-state index is 11.1. The van der Waals surface area contributed by atoms with Crippen LogP contribution in [0, 0.1) is 0 Å². The van der Waals surface area contributed by atoms with Crippen LogP contribution in [0.15, 0.2) is 27.8 Å². The largest absolute Gasteiger partial charge is 0.388 e. The summed E-state index contributed by atoms with van der Waals surface area (Å²) in [5.41, 5.74) is 0.441. The Kier molecular flexibility index (Phi) is 2.62. The SMILES string of the molecule is CCC(O)c1ccc2[nH]c(=O)c(=O)[nH]c2c1. The average Bonchev–Trinajstić information content (AvgIpc) is 2.29. The van der Waals surface area contributed by atoms with Crippen LogP contribution in [-0.2, 0) is 0 Å². The van der Waals surface area contributed by atoms with Gasteiger partial charge in [0.25, 0.3) is 0 Å². The smallest absolute Gasteiger partial charge is 0.314 e. The summed E-state index contributed by atoms with van der Waals surface area (Å²) in [6, 6.07) is 5.06. The molecule has 1 atom stereocenters. The van der Waals surface area contributed by atoms with Crippen molar-refractivity contribution in [2.75, 3.05) is 0 Å². The predicted molar refractivity (Wildman–Crippen MR) is 60.4 cm³/mol. The van der Waals surface area contributed by atoms with Crippen molar-refractivity contribution in [3.8, 4) is 0 Å². The van der Waals surface area contributed by atoms with E-state index in [1.807, 2.05) is 6.92 Å². The third-order valence-corrected chi connectivity index (χ3v) is 2.52. The van der Waals surface area contributed by atoms with E-state index in [-0.39, 0.29) is 0 Å². The molecule has 0 saturated heterocycles. The van der Waals surface area contributed by atoms with E-state index in [1.54, 1.807) is 18.2 Å². The van der Waals surface area contributed by atoms with Crippen molar-refractivity contribution in [3.05, 3.63) is 44.5 Å². The number of aliphatic hydroxyl groups excluding tert-OH is 1. The average molecular weight is 220 g/mol. The molecule has 3 N–H and O–H groups in total. The number of benzene rings is 1. The maximum Gasteiger partial charge on any atom is 0.314 e. The zero-order valence-corrected chi connectivity index (χ0v) is 8.78. The van der Waals surface area contributed by atoms with Crippen molar-refractivity contribution in [3.63, 3.8) is 0 Å². The normalized spacial score (nSPS) is 12.9. The fourth-order valence-electron chi connectivity index (χ4n) is 1.58. The van der Waals surface area contributed by atoms with Crippen LogP contribution in [0.2, 0.25) is 0 Å². The van der Waals surface area contributed by atoms with Crippen LogP contribution >= 0.6 is 0 Å². The molecule has 1 aromatic carbocycles. The van der Waals surface area contributed by atoms with Crippen LogP contribution in [0.25, 0.3) is 11.0 Å². The summed E-state index contributed by atoms with van der Waals surface area (Å²) in [6.45, 7) is 1.87. The highest BCUT2D eigenvalue weighted by Crippen LogP contribution is 2.18. The van der Waals surface area contributed by atoms with Crippen molar-refractivity contribution in [1.82, 2.24) is 9.97 Å². The third kappa shape index (κ3) is 1.77. The molecular formula is C11H12N2O3. The number of nitrogens with one attached hydrogen (secondary N) is 2.